The number of hydrogen-bond donors (Lipinski definition) is 0. The number of rotatable bonds is 4. The fourth-order valence-corrected chi connectivity index (χ4v) is 9.76. The molecule has 0 saturated carbocycles. The number of benzene rings is 2. The van der Waals surface area contributed by atoms with Gasteiger partial charge in [-0.2, -0.15) is 5.26 Å². The van der Waals surface area contributed by atoms with Crippen molar-refractivity contribution in [3.05, 3.63) is 86.9 Å². The van der Waals surface area contributed by atoms with Crippen molar-refractivity contribution in [1.82, 2.24) is 0 Å². The molecule has 1 atom stereocenters. The third kappa shape index (κ3) is 4.41. The molecular weight excluding hydrogens is 567 g/mol. The predicted octanol–water partition coefficient (Wildman–Crippen LogP) is 4.95. The van der Waals surface area contributed by atoms with E-state index in [-0.39, 0.29) is 5.57 Å². The number of fused-ring (bicyclic) bond motifs is 2. The number of nitrogens with zero attached hydrogens (tertiary/aromatic N) is 3. The quantitative estimate of drug-likeness (QED) is 0.283. The van der Waals surface area contributed by atoms with Crippen molar-refractivity contribution in [2.45, 2.75) is 52.6 Å². The second-order valence-electron chi connectivity index (χ2n) is 13.5. The van der Waals surface area contributed by atoms with Crippen LogP contribution in [0.15, 0.2) is 47.2 Å². The summed E-state index contributed by atoms with van der Waals surface area (Å²) in [6, 6.07) is 7.82. The first-order chi connectivity index (χ1) is 20.3. The summed E-state index contributed by atoms with van der Waals surface area (Å²) in [6.07, 6.45) is 8.05. The number of allylic oxidation sites excluding steroid dienone is 5. The average molecular weight is 602 g/mol. The molecule has 2 fully saturated rings. The fourth-order valence-electron chi connectivity index (χ4n) is 6.69. The summed E-state index contributed by atoms with van der Waals surface area (Å²) in [5.74, 6) is -8.04. The Hall–Kier alpha value is -3.90. The Balaban J connectivity index is 1.74. The highest BCUT2D eigenvalue weighted by atomic mass is 28.3. The molecular formula is C34H34F3N3O2Si. The Morgan fingerprint density at radius 2 is 1.77 bits per heavy atom. The highest BCUT2D eigenvalue weighted by Crippen LogP contribution is 2.47. The first kappa shape index (κ1) is 29.2. The lowest BCUT2D eigenvalue weighted by atomic mass is 9.75. The van der Waals surface area contributed by atoms with E-state index in [2.05, 4.69) is 34.7 Å². The van der Waals surface area contributed by atoms with Crippen molar-refractivity contribution in [2.24, 2.45) is 5.41 Å². The molecule has 6 rings (SSSR count). The molecule has 222 valence electrons. The fraction of sp³-hybridized carbons (Fsp3) is 0.382. The van der Waals surface area contributed by atoms with E-state index in [0.717, 1.165) is 60.8 Å². The van der Waals surface area contributed by atoms with Gasteiger partial charge in [-0.25, -0.2) is 17.7 Å². The molecule has 1 aliphatic carbocycles. The van der Waals surface area contributed by atoms with Gasteiger partial charge in [-0.1, -0.05) is 39.9 Å². The Bertz CT molecular complexity index is 1760. The number of carboxylic acid groups (broad SMARTS) is 1. The normalized spacial score (nSPS) is 19.6. The van der Waals surface area contributed by atoms with E-state index in [9.17, 15) is 15.2 Å². The third-order valence-electron chi connectivity index (χ3n) is 9.43. The van der Waals surface area contributed by atoms with E-state index in [0.29, 0.717) is 11.1 Å². The Labute approximate surface area is 251 Å². The largest absolute Gasteiger partial charge is 0.545 e. The van der Waals surface area contributed by atoms with Gasteiger partial charge in [0.05, 0.1) is 24.4 Å². The average Bonchev–Trinajstić information content (AvgIpc) is 2.87. The van der Waals surface area contributed by atoms with E-state index < -0.39 is 59.5 Å². The molecule has 2 aromatic rings. The lowest BCUT2D eigenvalue weighted by molar-refractivity contribution is -0.582. The van der Waals surface area contributed by atoms with Crippen LogP contribution in [0.4, 0.5) is 18.9 Å². The second kappa shape index (κ2) is 10.1. The first-order valence-electron chi connectivity index (χ1n) is 14.8. The highest BCUT2D eigenvalue weighted by molar-refractivity contribution is 6.98. The number of anilines is 1. The van der Waals surface area contributed by atoms with Gasteiger partial charge in [0.25, 0.3) is 0 Å². The summed E-state index contributed by atoms with van der Waals surface area (Å²) in [4.78, 5) is 14.8. The summed E-state index contributed by atoms with van der Waals surface area (Å²) in [6.45, 7) is 13.0. The minimum Gasteiger partial charge on any atom is -0.545 e. The molecule has 0 spiro atoms. The molecule has 3 heterocycles. The first-order valence-corrected chi connectivity index (χ1v) is 17.8. The van der Waals surface area contributed by atoms with Crippen molar-refractivity contribution in [1.29, 1.82) is 5.26 Å². The van der Waals surface area contributed by atoms with Gasteiger partial charge in [-0.3, -0.25) is 0 Å². The van der Waals surface area contributed by atoms with E-state index in [1.807, 2.05) is 30.4 Å². The minimum absolute atomic E-state index is 0.185. The van der Waals surface area contributed by atoms with Gasteiger partial charge < -0.3 is 14.8 Å². The number of aromatic carboxylic acids is 1. The standard InChI is InChI=1S/C34H34F3N3O2Si/c1-34(2,3)23(18-38)27-30(35)28(29(33(41)42)32(37)31(27)36)26-21-10-8-19(39-12-6-13-39)16-24(21)43(4,5)25-17-20(9-11-22(25)26)40-14-7-15-40/h8-11,16-17,23H,6-7,12-15H2,1-5H3. The van der Waals surface area contributed by atoms with Crippen LogP contribution in [0.3, 0.4) is 0 Å². The molecule has 9 heteroatoms. The van der Waals surface area contributed by atoms with Crippen LogP contribution >= 0.6 is 0 Å². The minimum atomic E-state index is -2.48. The molecule has 2 saturated heterocycles. The molecule has 2 aromatic carbocycles. The highest BCUT2D eigenvalue weighted by Gasteiger charge is 2.44. The molecule has 4 aliphatic rings. The SMILES string of the molecule is CC(C)(C)C(C#N)c1c(F)c(F)c(C(=O)[O-])c(C2=C3C=CC(=[N+]4CCC4)C=C3[Si](C)(C)c3cc(N4CCC4)ccc32)c1F. The summed E-state index contributed by atoms with van der Waals surface area (Å²) in [5, 5.41) is 24.4. The van der Waals surface area contributed by atoms with Crippen molar-refractivity contribution in [3.63, 3.8) is 0 Å². The Morgan fingerprint density at radius 1 is 1.07 bits per heavy atom. The molecule has 1 unspecified atom stereocenters. The molecule has 0 radical (unpaired) electrons. The lowest BCUT2D eigenvalue weighted by Gasteiger charge is -2.40. The number of carbonyl (C=O) groups excluding carboxylic acids is 1. The van der Waals surface area contributed by atoms with E-state index in [4.69, 9.17) is 0 Å². The summed E-state index contributed by atoms with van der Waals surface area (Å²) < 4.78 is 50.7. The van der Waals surface area contributed by atoms with E-state index in [1.54, 1.807) is 20.8 Å². The van der Waals surface area contributed by atoms with Crippen LogP contribution < -0.4 is 15.2 Å². The molecule has 43 heavy (non-hydrogen) atoms. The van der Waals surface area contributed by atoms with Crippen LogP contribution in [0.25, 0.3) is 5.57 Å². The summed E-state index contributed by atoms with van der Waals surface area (Å²) in [5.41, 5.74) is -0.0597. The van der Waals surface area contributed by atoms with Gasteiger partial charge in [0.2, 0.25) is 0 Å². The zero-order valence-electron chi connectivity index (χ0n) is 25.1. The molecule has 0 bridgehead atoms. The predicted molar refractivity (Wildman–Crippen MR) is 162 cm³/mol. The van der Waals surface area contributed by atoms with Crippen LogP contribution in [0.5, 0.6) is 0 Å². The van der Waals surface area contributed by atoms with Crippen LogP contribution in [-0.2, 0) is 0 Å². The van der Waals surface area contributed by atoms with Crippen molar-refractivity contribution >= 4 is 36.2 Å². The van der Waals surface area contributed by atoms with Gasteiger partial charge in [0.1, 0.15) is 27.0 Å². The Kier molecular flexibility index (Phi) is 6.84. The number of carbonyl (C=O) groups is 1. The molecule has 3 aliphatic heterocycles. The van der Waals surface area contributed by atoms with Gasteiger partial charge >= 0.3 is 0 Å². The summed E-state index contributed by atoms with van der Waals surface area (Å²) in [7, 11) is -2.48. The topological polar surface area (TPSA) is 70.2 Å². The van der Waals surface area contributed by atoms with Crippen molar-refractivity contribution < 1.29 is 27.6 Å². The zero-order valence-corrected chi connectivity index (χ0v) is 26.1. The van der Waals surface area contributed by atoms with Gasteiger partial charge in [0.15, 0.2) is 17.3 Å². The van der Waals surface area contributed by atoms with Crippen LogP contribution in [-0.4, -0.2) is 50.5 Å². The molecule has 0 N–H and O–H groups in total. The number of hydrogen-bond acceptors (Lipinski definition) is 4. The second-order valence-corrected chi connectivity index (χ2v) is 17.8. The zero-order chi connectivity index (χ0) is 31.0. The van der Waals surface area contributed by atoms with Crippen LogP contribution in [0.2, 0.25) is 13.1 Å². The molecule has 5 nitrogen and oxygen atoms in total. The number of carboxylic acids is 1. The maximum Gasteiger partial charge on any atom is 0.199 e. The molecule has 0 aromatic heterocycles. The van der Waals surface area contributed by atoms with Crippen molar-refractivity contribution in [2.75, 3.05) is 31.1 Å². The maximum absolute atomic E-state index is 16.9. The summed E-state index contributed by atoms with van der Waals surface area (Å²) >= 11 is 0. The van der Waals surface area contributed by atoms with Crippen LogP contribution in [0, 0.1) is 34.2 Å². The van der Waals surface area contributed by atoms with Gasteiger partial charge in [-0.05, 0) is 57.1 Å². The third-order valence-corrected chi connectivity index (χ3v) is 12.9. The Morgan fingerprint density at radius 3 is 2.30 bits per heavy atom. The van der Waals surface area contributed by atoms with E-state index in [1.165, 1.54) is 0 Å². The van der Waals surface area contributed by atoms with Crippen LogP contribution in [0.1, 0.15) is 66.6 Å². The number of halogens is 3. The van der Waals surface area contributed by atoms with Crippen molar-refractivity contribution in [3.8, 4) is 6.07 Å². The lowest BCUT2D eigenvalue weighted by Crippen LogP contribution is -2.50. The maximum atomic E-state index is 16.9. The monoisotopic (exact) mass is 601 g/mol. The molecule has 0 amide bonds. The van der Waals surface area contributed by atoms with Gasteiger partial charge in [-0.15, -0.1) is 0 Å². The smallest absolute Gasteiger partial charge is 0.199 e. The van der Waals surface area contributed by atoms with Gasteiger partial charge in [0, 0.05) is 47.6 Å². The van der Waals surface area contributed by atoms with E-state index >= 15 is 13.2 Å². The number of nitriles is 1.